The minimum Gasteiger partial charge on any atom is -0.374 e. The summed E-state index contributed by atoms with van der Waals surface area (Å²) in [5, 5.41) is 4.64. The molecule has 2 atom stereocenters. The molecule has 1 aromatic rings. The third-order valence-electron chi connectivity index (χ3n) is 5.13. The van der Waals surface area contributed by atoms with Crippen LogP contribution in [0.5, 0.6) is 0 Å². The number of carbonyl (C=O) groups excluding carboxylic acids is 1. The van der Waals surface area contributed by atoms with Gasteiger partial charge in [-0.15, -0.1) is 0 Å². The van der Waals surface area contributed by atoms with E-state index in [0.29, 0.717) is 13.2 Å². The zero-order chi connectivity index (χ0) is 16.8. The Morgan fingerprint density at radius 3 is 2.57 bits per heavy atom. The van der Waals surface area contributed by atoms with Gasteiger partial charge in [0.25, 0.3) is 5.91 Å². The molecule has 1 aliphatic carbocycles. The number of ether oxygens (including phenoxy) is 1. The van der Waals surface area contributed by atoms with E-state index >= 15 is 0 Å². The minimum atomic E-state index is -0.119. The molecule has 1 aromatic heterocycles. The van der Waals surface area contributed by atoms with Crippen LogP contribution in [0.3, 0.4) is 0 Å². The standard InChI is InChI=1S/C18H29N3O2/c1-12-16(13(2)21(19-12)18(3,4)5)17(22)20-10-11-23-15-9-7-6-8-14(15)20/h14-15H,6-11H2,1-5H3/t14-,15-/m0/s1. The fraction of sp³-hybridized carbons (Fsp3) is 0.778. The molecule has 5 nitrogen and oxygen atoms in total. The molecule has 0 N–H and O–H groups in total. The fourth-order valence-electron chi connectivity index (χ4n) is 4.10. The molecule has 0 bridgehead atoms. The number of fused-ring (bicyclic) bond motifs is 1. The highest BCUT2D eigenvalue weighted by atomic mass is 16.5. The van der Waals surface area contributed by atoms with Gasteiger partial charge in [-0.05, 0) is 47.5 Å². The van der Waals surface area contributed by atoms with E-state index in [9.17, 15) is 4.79 Å². The lowest BCUT2D eigenvalue weighted by atomic mass is 9.89. The molecule has 2 heterocycles. The Bertz CT molecular complexity index is 598. The fourth-order valence-corrected chi connectivity index (χ4v) is 4.10. The number of hydrogen-bond acceptors (Lipinski definition) is 3. The van der Waals surface area contributed by atoms with E-state index in [2.05, 4.69) is 30.8 Å². The van der Waals surface area contributed by atoms with Gasteiger partial charge in [0, 0.05) is 12.2 Å². The van der Waals surface area contributed by atoms with Crippen LogP contribution in [-0.2, 0) is 10.3 Å². The quantitative estimate of drug-likeness (QED) is 0.799. The summed E-state index contributed by atoms with van der Waals surface area (Å²) in [4.78, 5) is 15.3. The van der Waals surface area contributed by atoms with Gasteiger partial charge < -0.3 is 9.64 Å². The maximum atomic E-state index is 13.3. The highest BCUT2D eigenvalue weighted by molar-refractivity contribution is 5.96. The van der Waals surface area contributed by atoms with Crippen molar-refractivity contribution < 1.29 is 9.53 Å². The van der Waals surface area contributed by atoms with Gasteiger partial charge in [0.2, 0.25) is 0 Å². The molecule has 1 aliphatic heterocycles. The summed E-state index contributed by atoms with van der Waals surface area (Å²) in [5.41, 5.74) is 2.47. The normalized spacial score (nSPS) is 25.3. The molecule has 0 unspecified atom stereocenters. The largest absolute Gasteiger partial charge is 0.374 e. The highest BCUT2D eigenvalue weighted by Gasteiger charge is 2.38. The molecule has 1 saturated carbocycles. The topological polar surface area (TPSA) is 47.4 Å². The summed E-state index contributed by atoms with van der Waals surface area (Å²) in [6.07, 6.45) is 4.76. The zero-order valence-electron chi connectivity index (χ0n) is 15.1. The van der Waals surface area contributed by atoms with Crippen LogP contribution in [0.25, 0.3) is 0 Å². The van der Waals surface area contributed by atoms with E-state index in [-0.39, 0.29) is 23.6 Å². The predicted molar refractivity (Wildman–Crippen MR) is 89.7 cm³/mol. The van der Waals surface area contributed by atoms with Gasteiger partial charge in [0.1, 0.15) is 0 Å². The molecule has 0 radical (unpaired) electrons. The maximum absolute atomic E-state index is 13.3. The monoisotopic (exact) mass is 319 g/mol. The Hall–Kier alpha value is -1.36. The van der Waals surface area contributed by atoms with Gasteiger partial charge in [-0.2, -0.15) is 5.10 Å². The number of nitrogens with zero attached hydrogens (tertiary/aromatic N) is 3. The first-order valence-electron chi connectivity index (χ1n) is 8.80. The van der Waals surface area contributed by atoms with Crippen LogP contribution < -0.4 is 0 Å². The van der Waals surface area contributed by atoms with Crippen molar-refractivity contribution in [1.29, 1.82) is 0 Å². The first-order chi connectivity index (χ1) is 10.8. The van der Waals surface area contributed by atoms with Crippen LogP contribution in [0.4, 0.5) is 0 Å². The zero-order valence-corrected chi connectivity index (χ0v) is 15.1. The first-order valence-corrected chi connectivity index (χ1v) is 8.80. The van der Waals surface area contributed by atoms with Gasteiger partial charge in [0.15, 0.2) is 0 Å². The van der Waals surface area contributed by atoms with Crippen molar-refractivity contribution in [1.82, 2.24) is 14.7 Å². The second-order valence-electron chi connectivity index (χ2n) is 7.89. The first kappa shape index (κ1) is 16.5. The van der Waals surface area contributed by atoms with Crippen molar-refractivity contribution in [3.05, 3.63) is 17.0 Å². The molecular weight excluding hydrogens is 290 g/mol. The summed E-state index contributed by atoms with van der Waals surface area (Å²) in [6.45, 7) is 11.7. The van der Waals surface area contributed by atoms with E-state index in [1.54, 1.807) is 0 Å². The van der Waals surface area contributed by atoms with Crippen molar-refractivity contribution >= 4 is 5.91 Å². The summed E-state index contributed by atoms with van der Waals surface area (Å²) in [5.74, 6) is 0.135. The van der Waals surface area contributed by atoms with Gasteiger partial charge in [-0.1, -0.05) is 12.8 Å². The van der Waals surface area contributed by atoms with Crippen molar-refractivity contribution in [2.75, 3.05) is 13.2 Å². The Kier molecular flexibility index (Phi) is 4.25. The van der Waals surface area contributed by atoms with Crippen LogP contribution in [0, 0.1) is 13.8 Å². The van der Waals surface area contributed by atoms with Crippen LogP contribution >= 0.6 is 0 Å². The SMILES string of the molecule is Cc1nn(C(C)(C)C)c(C)c1C(=O)N1CCO[C@H]2CCCC[C@@H]21. The number of amides is 1. The van der Waals surface area contributed by atoms with Crippen LogP contribution in [0.1, 0.15) is 68.2 Å². The number of carbonyl (C=O) groups is 1. The van der Waals surface area contributed by atoms with E-state index in [0.717, 1.165) is 29.8 Å². The predicted octanol–water partition coefficient (Wildman–Crippen LogP) is 3.04. The second kappa shape index (κ2) is 5.93. The molecular formula is C18H29N3O2. The third kappa shape index (κ3) is 2.91. The number of rotatable bonds is 1. The van der Waals surface area contributed by atoms with Gasteiger partial charge in [-0.25, -0.2) is 0 Å². The lowest BCUT2D eigenvalue weighted by Gasteiger charge is -2.43. The summed E-state index contributed by atoms with van der Waals surface area (Å²) < 4.78 is 7.88. The average Bonchev–Trinajstić information content (AvgIpc) is 2.81. The third-order valence-corrected chi connectivity index (χ3v) is 5.13. The second-order valence-corrected chi connectivity index (χ2v) is 7.89. The molecule has 1 amide bonds. The Labute approximate surface area is 139 Å². The van der Waals surface area contributed by atoms with Gasteiger partial charge in [0.05, 0.1) is 35.5 Å². The number of aromatic nitrogens is 2. The van der Waals surface area contributed by atoms with E-state index < -0.39 is 0 Å². The van der Waals surface area contributed by atoms with Crippen molar-refractivity contribution in [3.8, 4) is 0 Å². The van der Waals surface area contributed by atoms with Crippen molar-refractivity contribution in [2.45, 2.75) is 78.0 Å². The van der Waals surface area contributed by atoms with Gasteiger partial charge >= 0.3 is 0 Å². The summed E-state index contributed by atoms with van der Waals surface area (Å²) >= 11 is 0. The Morgan fingerprint density at radius 2 is 1.91 bits per heavy atom. The van der Waals surface area contributed by atoms with Crippen molar-refractivity contribution in [2.24, 2.45) is 0 Å². The Morgan fingerprint density at radius 1 is 1.22 bits per heavy atom. The van der Waals surface area contributed by atoms with E-state index in [4.69, 9.17) is 4.74 Å². The molecule has 0 aromatic carbocycles. The molecule has 0 spiro atoms. The smallest absolute Gasteiger partial charge is 0.258 e. The summed E-state index contributed by atoms with van der Waals surface area (Å²) in [6, 6.07) is 0.238. The molecule has 1 saturated heterocycles. The Balaban J connectivity index is 1.92. The molecule has 2 fully saturated rings. The summed E-state index contributed by atoms with van der Waals surface area (Å²) in [7, 11) is 0. The van der Waals surface area contributed by atoms with Crippen LogP contribution in [0.15, 0.2) is 0 Å². The minimum absolute atomic E-state index is 0.119. The van der Waals surface area contributed by atoms with Gasteiger partial charge in [-0.3, -0.25) is 9.48 Å². The number of morpholine rings is 1. The highest BCUT2D eigenvalue weighted by Crippen LogP contribution is 2.31. The number of aryl methyl sites for hydroxylation is 1. The molecule has 3 rings (SSSR count). The van der Waals surface area contributed by atoms with Crippen LogP contribution in [0.2, 0.25) is 0 Å². The maximum Gasteiger partial charge on any atom is 0.258 e. The van der Waals surface area contributed by atoms with E-state index in [1.165, 1.54) is 12.8 Å². The number of hydrogen-bond donors (Lipinski definition) is 0. The van der Waals surface area contributed by atoms with E-state index in [1.807, 2.05) is 18.5 Å². The molecule has 23 heavy (non-hydrogen) atoms. The lowest BCUT2D eigenvalue weighted by molar-refractivity contribution is -0.0753. The lowest BCUT2D eigenvalue weighted by Crippen LogP contribution is -2.55. The molecule has 2 aliphatic rings. The average molecular weight is 319 g/mol. The van der Waals surface area contributed by atoms with Crippen molar-refractivity contribution in [3.63, 3.8) is 0 Å². The molecule has 5 heteroatoms. The van der Waals surface area contributed by atoms with Crippen LogP contribution in [-0.4, -0.2) is 45.9 Å². The molecule has 128 valence electrons.